The second-order valence-corrected chi connectivity index (χ2v) is 5.49. The van der Waals surface area contributed by atoms with Gasteiger partial charge in [-0.25, -0.2) is 0 Å². The highest BCUT2D eigenvalue weighted by molar-refractivity contribution is 5.91. The summed E-state index contributed by atoms with van der Waals surface area (Å²) in [6, 6.07) is 5.31. The average molecular weight is 262 g/mol. The minimum Gasteiger partial charge on any atom is -0.495 e. The maximum absolute atomic E-state index is 12.0. The van der Waals surface area contributed by atoms with Gasteiger partial charge in [-0.05, 0) is 42.9 Å². The Bertz CT molecular complexity index is 459. The molecule has 1 amide bonds. The van der Waals surface area contributed by atoms with Gasteiger partial charge in [-0.2, -0.15) is 0 Å². The van der Waals surface area contributed by atoms with Crippen molar-refractivity contribution in [3.8, 4) is 5.75 Å². The molecule has 1 aromatic rings. The van der Waals surface area contributed by atoms with E-state index >= 15 is 0 Å². The molecule has 1 aliphatic carbocycles. The van der Waals surface area contributed by atoms with Crippen LogP contribution in [-0.4, -0.2) is 13.0 Å². The van der Waals surface area contributed by atoms with Crippen molar-refractivity contribution in [3.63, 3.8) is 0 Å². The van der Waals surface area contributed by atoms with Gasteiger partial charge in [0.1, 0.15) is 5.75 Å². The first-order valence-electron chi connectivity index (χ1n) is 6.82. The maximum Gasteiger partial charge on any atom is 0.224 e. The van der Waals surface area contributed by atoms with E-state index in [0.29, 0.717) is 23.8 Å². The molecule has 2 rings (SSSR count). The van der Waals surface area contributed by atoms with E-state index in [1.54, 1.807) is 19.2 Å². The fourth-order valence-electron chi connectivity index (χ4n) is 2.80. The molecule has 1 fully saturated rings. The lowest BCUT2D eigenvalue weighted by Gasteiger charge is -2.11. The Morgan fingerprint density at radius 1 is 1.47 bits per heavy atom. The molecule has 0 spiro atoms. The van der Waals surface area contributed by atoms with Crippen LogP contribution in [-0.2, 0) is 4.79 Å². The fourth-order valence-corrected chi connectivity index (χ4v) is 2.80. The van der Waals surface area contributed by atoms with Crippen molar-refractivity contribution in [2.75, 3.05) is 18.2 Å². The lowest BCUT2D eigenvalue weighted by molar-refractivity contribution is -0.117. The normalized spacial score (nSPS) is 22.2. The van der Waals surface area contributed by atoms with Crippen LogP contribution in [0.15, 0.2) is 18.2 Å². The minimum atomic E-state index is 0.0728. The predicted octanol–water partition coefficient (Wildman–Crippen LogP) is 3.04. The summed E-state index contributed by atoms with van der Waals surface area (Å²) in [5, 5.41) is 2.90. The zero-order valence-corrected chi connectivity index (χ0v) is 11.6. The van der Waals surface area contributed by atoms with E-state index in [-0.39, 0.29) is 5.91 Å². The van der Waals surface area contributed by atoms with Gasteiger partial charge < -0.3 is 15.8 Å². The summed E-state index contributed by atoms with van der Waals surface area (Å²) < 4.78 is 5.09. The summed E-state index contributed by atoms with van der Waals surface area (Å²) in [7, 11) is 1.57. The predicted molar refractivity (Wildman–Crippen MR) is 77.2 cm³/mol. The average Bonchev–Trinajstić information content (AvgIpc) is 2.74. The highest BCUT2D eigenvalue weighted by atomic mass is 16.5. The molecule has 0 aromatic heterocycles. The van der Waals surface area contributed by atoms with Gasteiger partial charge in [-0.1, -0.05) is 13.3 Å². The first-order valence-corrected chi connectivity index (χ1v) is 6.82. The summed E-state index contributed by atoms with van der Waals surface area (Å²) in [4.78, 5) is 12.0. The van der Waals surface area contributed by atoms with Crippen molar-refractivity contribution in [2.45, 2.75) is 32.6 Å². The van der Waals surface area contributed by atoms with E-state index in [1.165, 1.54) is 12.8 Å². The lowest BCUT2D eigenvalue weighted by Crippen LogP contribution is -2.15. The molecule has 0 radical (unpaired) electrons. The second-order valence-electron chi connectivity index (χ2n) is 5.49. The molecule has 0 aliphatic heterocycles. The van der Waals surface area contributed by atoms with Crippen molar-refractivity contribution in [1.82, 2.24) is 0 Å². The molecule has 3 N–H and O–H groups in total. The minimum absolute atomic E-state index is 0.0728. The number of methoxy groups -OCH3 is 1. The number of nitrogens with one attached hydrogen (secondary N) is 1. The number of rotatable bonds is 4. The van der Waals surface area contributed by atoms with Crippen LogP contribution in [0.5, 0.6) is 5.75 Å². The fraction of sp³-hybridized carbons (Fsp3) is 0.533. The van der Waals surface area contributed by atoms with Crippen LogP contribution in [0.25, 0.3) is 0 Å². The highest BCUT2D eigenvalue weighted by Crippen LogP contribution is 2.33. The number of anilines is 2. The molecule has 4 heteroatoms. The summed E-state index contributed by atoms with van der Waals surface area (Å²) in [5.41, 5.74) is 7.08. The lowest BCUT2D eigenvalue weighted by atomic mass is 10.0. The largest absolute Gasteiger partial charge is 0.495 e. The Morgan fingerprint density at radius 2 is 2.26 bits per heavy atom. The van der Waals surface area contributed by atoms with E-state index in [0.717, 1.165) is 18.0 Å². The Hall–Kier alpha value is -1.71. The number of nitrogen functional groups attached to an aromatic ring is 1. The Kier molecular flexibility index (Phi) is 4.30. The topological polar surface area (TPSA) is 64.3 Å². The molecule has 4 nitrogen and oxygen atoms in total. The molecule has 2 unspecified atom stereocenters. The van der Waals surface area contributed by atoms with Gasteiger partial charge in [0.25, 0.3) is 0 Å². The third kappa shape index (κ3) is 3.63. The van der Waals surface area contributed by atoms with E-state index < -0.39 is 0 Å². The van der Waals surface area contributed by atoms with Crippen LogP contribution >= 0.6 is 0 Å². The highest BCUT2D eigenvalue weighted by Gasteiger charge is 2.23. The van der Waals surface area contributed by atoms with Crippen molar-refractivity contribution in [1.29, 1.82) is 0 Å². The van der Waals surface area contributed by atoms with Crippen molar-refractivity contribution in [3.05, 3.63) is 18.2 Å². The molecule has 1 aliphatic rings. The van der Waals surface area contributed by atoms with Crippen molar-refractivity contribution >= 4 is 17.3 Å². The number of hydrogen-bond donors (Lipinski definition) is 2. The number of benzene rings is 1. The number of carbonyl (C=O) groups is 1. The van der Waals surface area contributed by atoms with E-state index in [9.17, 15) is 4.79 Å². The molecule has 0 saturated heterocycles. The van der Waals surface area contributed by atoms with Crippen LogP contribution < -0.4 is 15.8 Å². The number of hydrogen-bond acceptors (Lipinski definition) is 3. The molecule has 104 valence electrons. The van der Waals surface area contributed by atoms with Gasteiger partial charge in [0.15, 0.2) is 0 Å². The van der Waals surface area contributed by atoms with Crippen molar-refractivity contribution < 1.29 is 9.53 Å². The number of nitrogens with two attached hydrogens (primary N) is 1. The first-order chi connectivity index (χ1) is 9.08. The van der Waals surface area contributed by atoms with Gasteiger partial charge in [-0.15, -0.1) is 0 Å². The summed E-state index contributed by atoms with van der Waals surface area (Å²) in [5.74, 6) is 1.99. The maximum atomic E-state index is 12.0. The van der Waals surface area contributed by atoms with E-state index in [1.807, 2.05) is 6.07 Å². The zero-order valence-electron chi connectivity index (χ0n) is 11.6. The molecular weight excluding hydrogens is 240 g/mol. The van der Waals surface area contributed by atoms with Crippen LogP contribution in [0, 0.1) is 11.8 Å². The van der Waals surface area contributed by atoms with Gasteiger partial charge in [-0.3, -0.25) is 4.79 Å². The molecule has 1 aromatic carbocycles. The Balaban J connectivity index is 1.90. The smallest absolute Gasteiger partial charge is 0.224 e. The van der Waals surface area contributed by atoms with Gasteiger partial charge in [0.2, 0.25) is 5.91 Å². The number of ether oxygens (including phenoxy) is 1. The zero-order chi connectivity index (χ0) is 13.8. The van der Waals surface area contributed by atoms with E-state index in [2.05, 4.69) is 12.2 Å². The summed E-state index contributed by atoms with van der Waals surface area (Å²) >= 11 is 0. The molecule has 1 saturated carbocycles. The summed E-state index contributed by atoms with van der Waals surface area (Å²) in [6.45, 7) is 2.25. The number of carbonyl (C=O) groups excluding carboxylic acids is 1. The van der Waals surface area contributed by atoms with E-state index in [4.69, 9.17) is 10.5 Å². The van der Waals surface area contributed by atoms with Gasteiger partial charge in [0.05, 0.1) is 12.8 Å². The van der Waals surface area contributed by atoms with Gasteiger partial charge >= 0.3 is 0 Å². The van der Waals surface area contributed by atoms with Crippen LogP contribution in [0.4, 0.5) is 11.4 Å². The summed E-state index contributed by atoms with van der Waals surface area (Å²) in [6.07, 6.45) is 4.18. The Labute approximate surface area is 114 Å². The monoisotopic (exact) mass is 262 g/mol. The molecule has 0 bridgehead atoms. The Morgan fingerprint density at radius 3 is 2.84 bits per heavy atom. The number of amides is 1. The molecular formula is C15H22N2O2. The molecule has 2 atom stereocenters. The van der Waals surface area contributed by atoms with Crippen LogP contribution in [0.2, 0.25) is 0 Å². The molecule has 19 heavy (non-hydrogen) atoms. The third-order valence-electron chi connectivity index (χ3n) is 3.79. The molecule has 0 heterocycles. The second kappa shape index (κ2) is 5.95. The SMILES string of the molecule is COc1ccc(NC(=O)CC2CCC(C)C2)cc1N. The van der Waals surface area contributed by atoms with Crippen LogP contribution in [0.1, 0.15) is 32.6 Å². The quantitative estimate of drug-likeness (QED) is 0.820. The van der Waals surface area contributed by atoms with Gasteiger partial charge in [0, 0.05) is 12.1 Å². The third-order valence-corrected chi connectivity index (χ3v) is 3.79. The van der Waals surface area contributed by atoms with Crippen molar-refractivity contribution in [2.24, 2.45) is 11.8 Å². The first kappa shape index (κ1) is 13.7. The standard InChI is InChI=1S/C15H22N2O2/c1-10-3-4-11(7-10)8-15(18)17-12-5-6-14(19-2)13(16)9-12/h5-6,9-11H,3-4,7-8,16H2,1-2H3,(H,17,18). The van der Waals surface area contributed by atoms with Crippen LogP contribution in [0.3, 0.4) is 0 Å².